The maximum absolute atomic E-state index is 11.3. The predicted octanol–water partition coefficient (Wildman–Crippen LogP) is 1.82. The summed E-state index contributed by atoms with van der Waals surface area (Å²) in [5.41, 5.74) is 6.06. The number of hydrogen-bond acceptors (Lipinski definition) is 3. The van der Waals surface area contributed by atoms with E-state index < -0.39 is 9.84 Å². The summed E-state index contributed by atoms with van der Waals surface area (Å²) in [6.07, 6.45) is 9.26. The monoisotopic (exact) mass is 271 g/mol. The quantitative estimate of drug-likeness (QED) is 0.848. The first kappa shape index (κ1) is 12.9. The van der Waals surface area contributed by atoms with Gasteiger partial charge in [0.25, 0.3) is 0 Å². The Bertz CT molecular complexity index is 390. The highest BCUT2D eigenvalue weighted by Crippen LogP contribution is 2.57. The molecule has 4 saturated carbocycles. The molecule has 4 heteroatoms. The van der Waals surface area contributed by atoms with Crippen molar-refractivity contribution in [1.82, 2.24) is 0 Å². The summed E-state index contributed by atoms with van der Waals surface area (Å²) in [6.45, 7) is 0. The third kappa shape index (κ3) is 2.60. The van der Waals surface area contributed by atoms with Crippen LogP contribution in [0.15, 0.2) is 0 Å². The highest BCUT2D eigenvalue weighted by Gasteiger charge is 2.48. The lowest BCUT2D eigenvalue weighted by Crippen LogP contribution is -2.47. The fraction of sp³-hybridized carbons (Fsp3) is 1.00. The smallest absolute Gasteiger partial charge is 0.148 e. The topological polar surface area (TPSA) is 60.2 Å². The van der Waals surface area contributed by atoms with Crippen LogP contribution in [0.1, 0.15) is 38.5 Å². The molecule has 3 nitrogen and oxygen atoms in total. The molecule has 4 fully saturated rings. The van der Waals surface area contributed by atoms with Crippen LogP contribution in [-0.4, -0.2) is 26.5 Å². The highest BCUT2D eigenvalue weighted by atomic mass is 32.2. The van der Waals surface area contributed by atoms with Crippen LogP contribution < -0.4 is 5.73 Å². The molecular formula is C14H25NO2S. The van der Waals surface area contributed by atoms with E-state index in [1.54, 1.807) is 0 Å². The summed E-state index contributed by atoms with van der Waals surface area (Å²) in [5.74, 6) is 4.55. The lowest BCUT2D eigenvalue weighted by Gasteiger charge is -2.55. The van der Waals surface area contributed by atoms with Crippen LogP contribution >= 0.6 is 0 Å². The second-order valence-electron chi connectivity index (χ2n) is 7.18. The molecule has 1 unspecified atom stereocenters. The fourth-order valence-corrected chi connectivity index (χ4v) is 6.14. The fourth-order valence-electron chi connectivity index (χ4n) is 5.23. The average Bonchev–Trinajstić information content (AvgIpc) is 2.19. The molecule has 4 bridgehead atoms. The van der Waals surface area contributed by atoms with Gasteiger partial charge < -0.3 is 5.73 Å². The number of rotatable bonds is 4. The van der Waals surface area contributed by atoms with Gasteiger partial charge in [0, 0.05) is 12.3 Å². The van der Waals surface area contributed by atoms with Crippen molar-refractivity contribution in [1.29, 1.82) is 0 Å². The maximum atomic E-state index is 11.3. The first-order valence-electron chi connectivity index (χ1n) is 7.34. The molecule has 104 valence electrons. The standard InChI is InChI=1S/C14H25NO2S/c1-18(16,17)8-13(15)7-14-11-3-9-2-10(5-11)6-12(14)4-9/h9-14H,2-8,15H2,1H3. The van der Waals surface area contributed by atoms with E-state index in [-0.39, 0.29) is 11.8 Å². The molecule has 1 atom stereocenters. The molecule has 18 heavy (non-hydrogen) atoms. The SMILES string of the molecule is CS(=O)(=O)CC(N)CC1C2CC3CC(C2)CC1C3. The second kappa shape index (κ2) is 4.48. The molecule has 2 N–H and O–H groups in total. The summed E-state index contributed by atoms with van der Waals surface area (Å²) in [7, 11) is -2.92. The minimum atomic E-state index is -2.92. The van der Waals surface area contributed by atoms with E-state index >= 15 is 0 Å². The van der Waals surface area contributed by atoms with Gasteiger partial charge in [0.2, 0.25) is 0 Å². The van der Waals surface area contributed by atoms with Gasteiger partial charge in [0.15, 0.2) is 0 Å². The number of hydrogen-bond donors (Lipinski definition) is 1. The molecule has 0 amide bonds. The van der Waals surface area contributed by atoms with E-state index in [0.29, 0.717) is 0 Å². The molecule has 0 aliphatic heterocycles. The van der Waals surface area contributed by atoms with Crippen molar-refractivity contribution < 1.29 is 8.42 Å². The van der Waals surface area contributed by atoms with Gasteiger partial charge in [-0.3, -0.25) is 0 Å². The number of sulfone groups is 1. The maximum Gasteiger partial charge on any atom is 0.148 e. The Hall–Kier alpha value is -0.0900. The van der Waals surface area contributed by atoms with Crippen LogP contribution in [-0.2, 0) is 9.84 Å². The van der Waals surface area contributed by atoms with Crippen LogP contribution in [0.2, 0.25) is 0 Å². The largest absolute Gasteiger partial charge is 0.327 e. The molecule has 0 aromatic heterocycles. The Morgan fingerprint density at radius 2 is 1.56 bits per heavy atom. The first-order chi connectivity index (χ1) is 8.40. The molecule has 4 rings (SSSR count). The van der Waals surface area contributed by atoms with Crippen molar-refractivity contribution in [2.75, 3.05) is 12.0 Å². The van der Waals surface area contributed by atoms with E-state index in [9.17, 15) is 8.42 Å². The van der Waals surface area contributed by atoms with Crippen molar-refractivity contribution in [2.45, 2.75) is 44.6 Å². The molecule has 0 spiro atoms. The van der Waals surface area contributed by atoms with E-state index in [4.69, 9.17) is 5.73 Å². The van der Waals surface area contributed by atoms with Crippen molar-refractivity contribution >= 4 is 9.84 Å². The summed E-state index contributed by atoms with van der Waals surface area (Å²) in [6, 6.07) is -0.150. The van der Waals surface area contributed by atoms with Crippen LogP contribution in [0.4, 0.5) is 0 Å². The van der Waals surface area contributed by atoms with Gasteiger partial charge in [0.1, 0.15) is 9.84 Å². The van der Waals surface area contributed by atoms with Gasteiger partial charge in [-0.05, 0) is 68.1 Å². The summed E-state index contributed by atoms with van der Waals surface area (Å²) < 4.78 is 22.6. The summed E-state index contributed by atoms with van der Waals surface area (Å²) in [5, 5.41) is 0. The van der Waals surface area contributed by atoms with Crippen molar-refractivity contribution in [3.8, 4) is 0 Å². The summed E-state index contributed by atoms with van der Waals surface area (Å²) in [4.78, 5) is 0. The molecule has 0 radical (unpaired) electrons. The third-order valence-corrected chi connectivity index (χ3v) is 6.55. The van der Waals surface area contributed by atoms with Crippen molar-refractivity contribution in [3.63, 3.8) is 0 Å². The number of nitrogens with two attached hydrogens (primary N) is 1. The van der Waals surface area contributed by atoms with Gasteiger partial charge in [-0.1, -0.05) is 0 Å². The minimum Gasteiger partial charge on any atom is -0.327 e. The van der Waals surface area contributed by atoms with Crippen LogP contribution in [0, 0.1) is 29.6 Å². The molecule has 4 aliphatic rings. The van der Waals surface area contributed by atoms with Crippen LogP contribution in [0.25, 0.3) is 0 Å². The third-order valence-electron chi connectivity index (χ3n) is 5.51. The lowest BCUT2D eigenvalue weighted by atomic mass is 9.51. The van der Waals surface area contributed by atoms with E-state index in [0.717, 1.165) is 36.0 Å². The molecular weight excluding hydrogens is 246 g/mol. The zero-order chi connectivity index (χ0) is 12.9. The van der Waals surface area contributed by atoms with E-state index in [2.05, 4.69) is 0 Å². The molecule has 0 aromatic rings. The Kier molecular flexibility index (Phi) is 3.22. The van der Waals surface area contributed by atoms with Gasteiger partial charge in [-0.15, -0.1) is 0 Å². The van der Waals surface area contributed by atoms with Gasteiger partial charge in [-0.2, -0.15) is 0 Å². The van der Waals surface area contributed by atoms with E-state index in [1.165, 1.54) is 38.4 Å². The van der Waals surface area contributed by atoms with Crippen molar-refractivity contribution in [3.05, 3.63) is 0 Å². The van der Waals surface area contributed by atoms with Gasteiger partial charge in [0.05, 0.1) is 5.75 Å². The van der Waals surface area contributed by atoms with Crippen molar-refractivity contribution in [2.24, 2.45) is 35.3 Å². The van der Waals surface area contributed by atoms with Gasteiger partial charge in [-0.25, -0.2) is 8.42 Å². The Morgan fingerprint density at radius 1 is 1.06 bits per heavy atom. The second-order valence-corrected chi connectivity index (χ2v) is 9.37. The lowest BCUT2D eigenvalue weighted by molar-refractivity contribution is -0.0412. The average molecular weight is 271 g/mol. The zero-order valence-corrected chi connectivity index (χ0v) is 12.0. The van der Waals surface area contributed by atoms with Crippen LogP contribution in [0.5, 0.6) is 0 Å². The Morgan fingerprint density at radius 3 is 2.00 bits per heavy atom. The molecule has 0 aromatic carbocycles. The van der Waals surface area contributed by atoms with Gasteiger partial charge >= 0.3 is 0 Å². The highest BCUT2D eigenvalue weighted by molar-refractivity contribution is 7.90. The molecule has 0 saturated heterocycles. The summed E-state index contributed by atoms with van der Waals surface area (Å²) >= 11 is 0. The minimum absolute atomic E-state index is 0.150. The Balaban J connectivity index is 1.63. The molecule has 0 heterocycles. The zero-order valence-electron chi connectivity index (χ0n) is 11.2. The molecule has 4 aliphatic carbocycles. The predicted molar refractivity (Wildman–Crippen MR) is 72.8 cm³/mol. The Labute approximate surface area is 110 Å². The van der Waals surface area contributed by atoms with E-state index in [1.807, 2.05) is 0 Å². The first-order valence-corrected chi connectivity index (χ1v) is 9.40. The normalized spacial score (nSPS) is 44.2. The van der Waals surface area contributed by atoms with Crippen LogP contribution in [0.3, 0.4) is 0 Å².